The van der Waals surface area contributed by atoms with Gasteiger partial charge in [0.05, 0.1) is 11.0 Å². The maximum atomic E-state index is 12.2. The molecule has 2 saturated carbocycles. The molecule has 2 aliphatic rings. The normalized spacial score (nSPS) is 23.8. The van der Waals surface area contributed by atoms with Crippen LogP contribution in [0.1, 0.15) is 72.1 Å². The summed E-state index contributed by atoms with van der Waals surface area (Å²) in [5.41, 5.74) is -2.03. The fourth-order valence-corrected chi connectivity index (χ4v) is 4.08. The third-order valence-corrected chi connectivity index (χ3v) is 4.98. The number of carbonyl (C=O) groups is 2. The van der Waals surface area contributed by atoms with E-state index in [9.17, 15) is 14.7 Å². The molecule has 0 aliphatic heterocycles. The molecule has 2 aliphatic carbocycles. The van der Waals surface area contributed by atoms with Crippen molar-refractivity contribution >= 4 is 12.1 Å². The van der Waals surface area contributed by atoms with Crippen molar-refractivity contribution in [2.75, 3.05) is 0 Å². The number of hydrogen-bond acceptors (Lipinski definition) is 3. The zero-order chi connectivity index (χ0) is 15.7. The molecule has 0 spiro atoms. The molecule has 0 heterocycles. The molecule has 0 saturated heterocycles. The molecule has 2 N–H and O–H groups in total. The molecule has 21 heavy (non-hydrogen) atoms. The van der Waals surface area contributed by atoms with Gasteiger partial charge in [-0.15, -0.1) is 0 Å². The van der Waals surface area contributed by atoms with E-state index in [1.807, 2.05) is 20.8 Å². The molecule has 2 fully saturated rings. The van der Waals surface area contributed by atoms with Gasteiger partial charge in [-0.3, -0.25) is 4.79 Å². The quantitative estimate of drug-likeness (QED) is 0.836. The van der Waals surface area contributed by atoms with Crippen molar-refractivity contribution in [3.05, 3.63) is 0 Å². The Morgan fingerprint density at radius 1 is 1.00 bits per heavy atom. The van der Waals surface area contributed by atoms with Crippen LogP contribution < -0.4 is 5.32 Å². The molecular formula is C16H27NO4. The zero-order valence-corrected chi connectivity index (χ0v) is 13.3. The standard InChI is InChI=1S/C16H27NO4/c1-14(2,3)21-13(20)17-16(10-6-7-11-16)15(12(18)19)8-4-5-9-15/h4-11H2,1-3H3,(H,17,20)(H,18,19). The summed E-state index contributed by atoms with van der Waals surface area (Å²) >= 11 is 0. The minimum Gasteiger partial charge on any atom is -0.481 e. The third kappa shape index (κ3) is 3.01. The van der Waals surface area contributed by atoms with E-state index in [0.717, 1.165) is 38.5 Å². The molecule has 0 aromatic heterocycles. The SMILES string of the molecule is CC(C)(C)OC(=O)NC1(C2(C(=O)O)CCCC2)CCCC1. The van der Waals surface area contributed by atoms with Crippen LogP contribution in [0.2, 0.25) is 0 Å². The number of nitrogens with one attached hydrogen (secondary N) is 1. The summed E-state index contributed by atoms with van der Waals surface area (Å²) in [6, 6.07) is 0. The van der Waals surface area contributed by atoms with Crippen molar-refractivity contribution in [1.82, 2.24) is 5.32 Å². The molecule has 2 rings (SSSR count). The Morgan fingerprint density at radius 2 is 1.48 bits per heavy atom. The van der Waals surface area contributed by atoms with Crippen LogP contribution >= 0.6 is 0 Å². The van der Waals surface area contributed by atoms with Crippen molar-refractivity contribution in [2.24, 2.45) is 5.41 Å². The van der Waals surface area contributed by atoms with Gasteiger partial charge in [-0.2, -0.15) is 0 Å². The van der Waals surface area contributed by atoms with Crippen LogP contribution in [0.4, 0.5) is 4.79 Å². The lowest BCUT2D eigenvalue weighted by Crippen LogP contribution is -2.61. The lowest BCUT2D eigenvalue weighted by atomic mass is 9.66. The number of aliphatic carboxylic acids is 1. The van der Waals surface area contributed by atoms with Gasteiger partial charge in [0, 0.05) is 0 Å². The molecule has 0 unspecified atom stereocenters. The second-order valence-corrected chi connectivity index (χ2v) is 7.51. The van der Waals surface area contributed by atoms with Crippen molar-refractivity contribution in [3.8, 4) is 0 Å². The van der Waals surface area contributed by atoms with E-state index in [2.05, 4.69) is 5.32 Å². The van der Waals surface area contributed by atoms with E-state index >= 15 is 0 Å². The largest absolute Gasteiger partial charge is 0.481 e. The summed E-state index contributed by atoms with van der Waals surface area (Å²) in [7, 11) is 0. The van der Waals surface area contributed by atoms with Gasteiger partial charge in [-0.1, -0.05) is 25.7 Å². The van der Waals surface area contributed by atoms with Crippen LogP contribution in [0.25, 0.3) is 0 Å². The van der Waals surface area contributed by atoms with E-state index in [-0.39, 0.29) is 0 Å². The van der Waals surface area contributed by atoms with Crippen LogP contribution in [0.3, 0.4) is 0 Å². The average molecular weight is 297 g/mol. The maximum absolute atomic E-state index is 12.2. The summed E-state index contributed by atoms with van der Waals surface area (Å²) < 4.78 is 5.37. The van der Waals surface area contributed by atoms with Gasteiger partial charge in [0.25, 0.3) is 0 Å². The first-order chi connectivity index (χ1) is 9.71. The molecule has 0 atom stereocenters. The number of alkyl carbamates (subject to hydrolysis) is 1. The highest BCUT2D eigenvalue weighted by molar-refractivity contribution is 5.79. The minimum atomic E-state index is -0.819. The zero-order valence-electron chi connectivity index (χ0n) is 13.3. The topological polar surface area (TPSA) is 75.6 Å². The van der Waals surface area contributed by atoms with Gasteiger partial charge in [0.15, 0.2) is 0 Å². The van der Waals surface area contributed by atoms with Crippen LogP contribution in [-0.2, 0) is 9.53 Å². The van der Waals surface area contributed by atoms with Crippen LogP contribution in [0, 0.1) is 5.41 Å². The molecule has 5 heteroatoms. The van der Waals surface area contributed by atoms with Crippen molar-refractivity contribution < 1.29 is 19.4 Å². The predicted molar refractivity (Wildman–Crippen MR) is 79.1 cm³/mol. The highest BCUT2D eigenvalue weighted by Gasteiger charge is 2.59. The Kier molecular flexibility index (Phi) is 4.22. The number of carboxylic acids is 1. The Morgan fingerprint density at radius 3 is 1.90 bits per heavy atom. The lowest BCUT2D eigenvalue weighted by molar-refractivity contribution is -0.154. The van der Waals surface area contributed by atoms with E-state index in [0.29, 0.717) is 12.8 Å². The highest BCUT2D eigenvalue weighted by atomic mass is 16.6. The Labute approximate surface area is 126 Å². The first kappa shape index (κ1) is 16.1. The first-order valence-corrected chi connectivity index (χ1v) is 7.95. The Hall–Kier alpha value is -1.26. The Balaban J connectivity index is 2.24. The van der Waals surface area contributed by atoms with Gasteiger partial charge < -0.3 is 15.2 Å². The average Bonchev–Trinajstić information content (AvgIpc) is 2.94. The second-order valence-electron chi connectivity index (χ2n) is 7.51. The Bertz CT molecular complexity index is 412. The number of carboxylic acid groups (broad SMARTS) is 1. The van der Waals surface area contributed by atoms with Crippen LogP contribution in [-0.4, -0.2) is 28.3 Å². The van der Waals surface area contributed by atoms with Crippen LogP contribution in [0.5, 0.6) is 0 Å². The number of amides is 1. The van der Waals surface area contributed by atoms with Gasteiger partial charge in [-0.25, -0.2) is 4.79 Å². The molecular weight excluding hydrogens is 270 g/mol. The van der Waals surface area contributed by atoms with Gasteiger partial charge >= 0.3 is 12.1 Å². The smallest absolute Gasteiger partial charge is 0.408 e. The summed E-state index contributed by atoms with van der Waals surface area (Å²) in [6.07, 6.45) is 6.05. The number of rotatable bonds is 3. The summed E-state index contributed by atoms with van der Waals surface area (Å²) in [4.78, 5) is 24.2. The fraction of sp³-hybridized carbons (Fsp3) is 0.875. The first-order valence-electron chi connectivity index (χ1n) is 7.95. The van der Waals surface area contributed by atoms with Crippen molar-refractivity contribution in [3.63, 3.8) is 0 Å². The van der Waals surface area contributed by atoms with Gasteiger partial charge in [0.1, 0.15) is 5.60 Å². The summed E-state index contributed by atoms with van der Waals surface area (Å²) in [6.45, 7) is 5.45. The molecule has 0 radical (unpaired) electrons. The maximum Gasteiger partial charge on any atom is 0.408 e. The highest BCUT2D eigenvalue weighted by Crippen LogP contribution is 2.53. The summed E-state index contributed by atoms with van der Waals surface area (Å²) in [5, 5.41) is 12.8. The molecule has 5 nitrogen and oxygen atoms in total. The summed E-state index contributed by atoms with van der Waals surface area (Å²) in [5.74, 6) is -0.766. The number of hydrogen-bond donors (Lipinski definition) is 2. The molecule has 1 amide bonds. The van der Waals surface area contributed by atoms with Gasteiger partial charge in [0.2, 0.25) is 0 Å². The number of ether oxygens (including phenoxy) is 1. The molecule has 0 aromatic carbocycles. The fourth-order valence-electron chi connectivity index (χ4n) is 4.08. The predicted octanol–water partition coefficient (Wildman–Crippen LogP) is 3.47. The van der Waals surface area contributed by atoms with Crippen LogP contribution in [0.15, 0.2) is 0 Å². The van der Waals surface area contributed by atoms with Crippen molar-refractivity contribution in [2.45, 2.75) is 83.3 Å². The van der Waals surface area contributed by atoms with E-state index < -0.39 is 28.6 Å². The van der Waals surface area contributed by atoms with E-state index in [1.54, 1.807) is 0 Å². The minimum absolute atomic E-state index is 0.489. The second kappa shape index (κ2) is 5.50. The number of carbonyl (C=O) groups excluding carboxylic acids is 1. The molecule has 0 bridgehead atoms. The molecule has 120 valence electrons. The third-order valence-electron chi connectivity index (χ3n) is 4.98. The monoisotopic (exact) mass is 297 g/mol. The molecule has 0 aromatic rings. The van der Waals surface area contributed by atoms with E-state index in [1.165, 1.54) is 0 Å². The van der Waals surface area contributed by atoms with Crippen molar-refractivity contribution in [1.29, 1.82) is 0 Å². The van der Waals surface area contributed by atoms with Gasteiger partial charge in [-0.05, 0) is 46.5 Å². The van der Waals surface area contributed by atoms with E-state index in [4.69, 9.17) is 4.74 Å². The lowest BCUT2D eigenvalue weighted by Gasteiger charge is -2.44.